The lowest BCUT2D eigenvalue weighted by Crippen LogP contribution is -2.12. The molecule has 0 amide bonds. The molecule has 0 aliphatic rings. The molecule has 0 spiro atoms. The van der Waals surface area contributed by atoms with Crippen LogP contribution in [-0.2, 0) is 0 Å². The van der Waals surface area contributed by atoms with Crippen LogP contribution in [0.3, 0.4) is 0 Å². The average Bonchev–Trinajstić information content (AvgIpc) is 2.45. The van der Waals surface area contributed by atoms with Crippen molar-refractivity contribution in [3.8, 4) is 5.75 Å². The standard InChI is InChI=1S/C14H14ClN3O3/c15-12-2-1-3-13(14(12)18(19)20)17-8-9-21-11-6-4-10(16)5-7-11/h1-7,17H,8-9,16H2. The van der Waals surface area contributed by atoms with Crippen LogP contribution in [0.2, 0.25) is 5.02 Å². The third kappa shape index (κ3) is 4.00. The molecule has 0 heterocycles. The molecule has 0 fully saturated rings. The van der Waals surface area contributed by atoms with Crippen molar-refractivity contribution >= 4 is 28.7 Å². The molecule has 21 heavy (non-hydrogen) atoms. The normalized spacial score (nSPS) is 10.1. The maximum Gasteiger partial charge on any atom is 0.310 e. The molecule has 0 atom stereocenters. The van der Waals surface area contributed by atoms with Gasteiger partial charge in [-0.15, -0.1) is 0 Å². The largest absolute Gasteiger partial charge is 0.492 e. The van der Waals surface area contributed by atoms with Crippen LogP contribution in [0, 0.1) is 10.1 Å². The molecular weight excluding hydrogens is 294 g/mol. The van der Waals surface area contributed by atoms with Crippen molar-refractivity contribution in [3.63, 3.8) is 0 Å². The summed E-state index contributed by atoms with van der Waals surface area (Å²) in [5, 5.41) is 14.0. The molecule has 3 N–H and O–H groups in total. The molecule has 0 radical (unpaired) electrons. The Labute approximate surface area is 126 Å². The van der Waals surface area contributed by atoms with Gasteiger partial charge in [-0.2, -0.15) is 0 Å². The number of anilines is 2. The zero-order valence-electron chi connectivity index (χ0n) is 11.1. The predicted octanol–water partition coefficient (Wildman–Crippen LogP) is 3.32. The highest BCUT2D eigenvalue weighted by molar-refractivity contribution is 6.33. The molecule has 0 aromatic heterocycles. The van der Waals surface area contributed by atoms with E-state index in [0.717, 1.165) is 0 Å². The van der Waals surface area contributed by atoms with Crippen molar-refractivity contribution in [2.75, 3.05) is 24.2 Å². The van der Waals surface area contributed by atoms with E-state index in [9.17, 15) is 10.1 Å². The predicted molar refractivity (Wildman–Crippen MR) is 82.9 cm³/mol. The van der Waals surface area contributed by atoms with E-state index in [2.05, 4.69) is 5.32 Å². The highest BCUT2D eigenvalue weighted by atomic mass is 35.5. The van der Waals surface area contributed by atoms with Crippen LogP contribution in [0.1, 0.15) is 0 Å². The number of rotatable bonds is 6. The minimum atomic E-state index is -0.508. The summed E-state index contributed by atoms with van der Waals surface area (Å²) in [4.78, 5) is 10.5. The molecule has 6 nitrogen and oxygen atoms in total. The van der Waals surface area contributed by atoms with E-state index < -0.39 is 4.92 Å². The number of nitrogens with zero attached hydrogens (tertiary/aromatic N) is 1. The van der Waals surface area contributed by atoms with Crippen molar-refractivity contribution in [1.29, 1.82) is 0 Å². The highest BCUT2D eigenvalue weighted by Crippen LogP contribution is 2.31. The number of nitro benzene ring substituents is 1. The fourth-order valence-electron chi connectivity index (χ4n) is 1.76. The van der Waals surface area contributed by atoms with Gasteiger partial charge in [0.25, 0.3) is 0 Å². The third-order valence-corrected chi connectivity index (χ3v) is 3.04. The van der Waals surface area contributed by atoms with Gasteiger partial charge in [0.2, 0.25) is 0 Å². The Kier molecular flexibility index (Phi) is 4.84. The van der Waals surface area contributed by atoms with Gasteiger partial charge >= 0.3 is 5.69 Å². The SMILES string of the molecule is Nc1ccc(OCCNc2cccc(Cl)c2[N+](=O)[O-])cc1. The first-order valence-corrected chi connectivity index (χ1v) is 6.61. The first-order chi connectivity index (χ1) is 10.1. The summed E-state index contributed by atoms with van der Waals surface area (Å²) >= 11 is 5.82. The molecule has 0 aliphatic carbocycles. The molecule has 0 saturated carbocycles. The molecule has 110 valence electrons. The summed E-state index contributed by atoms with van der Waals surface area (Å²) < 4.78 is 5.49. The van der Waals surface area contributed by atoms with Gasteiger partial charge in [0.1, 0.15) is 23.1 Å². The van der Waals surface area contributed by atoms with E-state index in [1.165, 1.54) is 6.07 Å². The number of nitro groups is 1. The van der Waals surface area contributed by atoms with Gasteiger partial charge < -0.3 is 15.8 Å². The zero-order chi connectivity index (χ0) is 15.2. The first kappa shape index (κ1) is 14.9. The lowest BCUT2D eigenvalue weighted by atomic mass is 10.2. The van der Waals surface area contributed by atoms with Gasteiger partial charge in [-0.3, -0.25) is 10.1 Å². The van der Waals surface area contributed by atoms with Crippen LogP contribution >= 0.6 is 11.6 Å². The van der Waals surface area contributed by atoms with Gasteiger partial charge in [0.05, 0.1) is 4.92 Å². The van der Waals surface area contributed by atoms with Gasteiger partial charge in [-0.05, 0) is 36.4 Å². The second-order valence-corrected chi connectivity index (χ2v) is 4.64. The Morgan fingerprint density at radius 1 is 1.24 bits per heavy atom. The number of nitrogen functional groups attached to an aromatic ring is 1. The smallest absolute Gasteiger partial charge is 0.310 e. The second-order valence-electron chi connectivity index (χ2n) is 4.24. The van der Waals surface area contributed by atoms with Gasteiger partial charge in [-0.1, -0.05) is 17.7 Å². The lowest BCUT2D eigenvalue weighted by molar-refractivity contribution is -0.383. The highest BCUT2D eigenvalue weighted by Gasteiger charge is 2.17. The maximum absolute atomic E-state index is 11.0. The van der Waals surface area contributed by atoms with Crippen LogP contribution in [0.5, 0.6) is 5.75 Å². The molecule has 2 rings (SSSR count). The Morgan fingerprint density at radius 3 is 2.62 bits per heavy atom. The Bertz CT molecular complexity index is 632. The van der Waals surface area contributed by atoms with E-state index >= 15 is 0 Å². The number of benzene rings is 2. The molecule has 2 aromatic rings. The molecule has 2 aromatic carbocycles. The third-order valence-electron chi connectivity index (χ3n) is 2.74. The first-order valence-electron chi connectivity index (χ1n) is 6.23. The lowest BCUT2D eigenvalue weighted by Gasteiger charge is -2.09. The second kappa shape index (κ2) is 6.81. The van der Waals surface area contributed by atoms with Crippen LogP contribution in [0.15, 0.2) is 42.5 Å². The number of para-hydroxylation sites is 1. The van der Waals surface area contributed by atoms with Crippen molar-refractivity contribution in [1.82, 2.24) is 0 Å². The molecule has 0 saturated heterocycles. The summed E-state index contributed by atoms with van der Waals surface area (Å²) in [6, 6.07) is 11.7. The molecule has 7 heteroatoms. The van der Waals surface area contributed by atoms with Crippen molar-refractivity contribution in [3.05, 3.63) is 57.6 Å². The van der Waals surface area contributed by atoms with Gasteiger partial charge in [0.15, 0.2) is 0 Å². The van der Waals surface area contributed by atoms with E-state index in [-0.39, 0.29) is 10.7 Å². The topological polar surface area (TPSA) is 90.4 Å². The van der Waals surface area contributed by atoms with Gasteiger partial charge in [-0.25, -0.2) is 0 Å². The number of nitrogens with one attached hydrogen (secondary N) is 1. The number of ether oxygens (including phenoxy) is 1. The van der Waals surface area contributed by atoms with E-state index in [4.69, 9.17) is 22.1 Å². The number of hydrogen-bond acceptors (Lipinski definition) is 5. The molecule has 0 aliphatic heterocycles. The summed E-state index contributed by atoms with van der Waals surface area (Å²) in [6.07, 6.45) is 0. The maximum atomic E-state index is 11.0. The number of halogens is 1. The summed E-state index contributed by atoms with van der Waals surface area (Å²) in [5.41, 5.74) is 6.47. The zero-order valence-corrected chi connectivity index (χ0v) is 11.8. The molecule has 0 bridgehead atoms. The van der Waals surface area contributed by atoms with E-state index in [0.29, 0.717) is 30.3 Å². The monoisotopic (exact) mass is 307 g/mol. The molecular formula is C14H14ClN3O3. The minimum absolute atomic E-state index is 0.101. The molecule has 0 unspecified atom stereocenters. The van der Waals surface area contributed by atoms with Crippen molar-refractivity contribution in [2.24, 2.45) is 0 Å². The van der Waals surface area contributed by atoms with Crippen LogP contribution in [0.25, 0.3) is 0 Å². The van der Waals surface area contributed by atoms with Crippen molar-refractivity contribution < 1.29 is 9.66 Å². The fraction of sp³-hybridized carbons (Fsp3) is 0.143. The quantitative estimate of drug-likeness (QED) is 0.370. The fourth-order valence-corrected chi connectivity index (χ4v) is 2.01. The summed E-state index contributed by atoms with van der Waals surface area (Å²) in [6.45, 7) is 0.763. The summed E-state index contributed by atoms with van der Waals surface area (Å²) in [5.74, 6) is 0.687. The Morgan fingerprint density at radius 2 is 1.95 bits per heavy atom. The average molecular weight is 308 g/mol. The summed E-state index contributed by atoms with van der Waals surface area (Å²) in [7, 11) is 0. The van der Waals surface area contributed by atoms with E-state index in [1.54, 1.807) is 36.4 Å². The van der Waals surface area contributed by atoms with Gasteiger partial charge in [0, 0.05) is 12.2 Å². The van der Waals surface area contributed by atoms with Crippen LogP contribution in [-0.4, -0.2) is 18.1 Å². The minimum Gasteiger partial charge on any atom is -0.492 e. The Balaban J connectivity index is 1.90. The van der Waals surface area contributed by atoms with Crippen molar-refractivity contribution in [2.45, 2.75) is 0 Å². The Hall–Kier alpha value is -2.47. The number of hydrogen-bond donors (Lipinski definition) is 2. The number of nitrogens with two attached hydrogens (primary N) is 1. The van der Waals surface area contributed by atoms with Crippen LogP contribution in [0.4, 0.5) is 17.1 Å². The van der Waals surface area contributed by atoms with E-state index in [1.807, 2.05) is 0 Å². The van der Waals surface area contributed by atoms with Crippen LogP contribution < -0.4 is 15.8 Å².